The predicted octanol–water partition coefficient (Wildman–Crippen LogP) is 5.04. The topological polar surface area (TPSA) is 32.9 Å². The van der Waals surface area contributed by atoms with E-state index in [1.807, 2.05) is 0 Å². The molecular formula is C19H24FNO. The quantitative estimate of drug-likeness (QED) is 0.563. The van der Waals surface area contributed by atoms with Gasteiger partial charge in [0.1, 0.15) is 5.82 Å². The van der Waals surface area contributed by atoms with Crippen molar-refractivity contribution >= 4 is 10.9 Å². The summed E-state index contributed by atoms with van der Waals surface area (Å²) in [5.41, 5.74) is 2.20. The van der Waals surface area contributed by atoms with Crippen molar-refractivity contribution in [2.24, 2.45) is 0 Å². The average molecular weight is 301 g/mol. The molecule has 3 heteroatoms. The van der Waals surface area contributed by atoms with Crippen molar-refractivity contribution in [1.29, 1.82) is 0 Å². The second-order valence-corrected chi connectivity index (χ2v) is 5.77. The van der Waals surface area contributed by atoms with Crippen LogP contribution in [0, 0.1) is 12.7 Å². The molecule has 0 unspecified atom stereocenters. The van der Waals surface area contributed by atoms with Crippen LogP contribution in [0.3, 0.4) is 0 Å². The molecule has 1 aromatic heterocycles. The number of rotatable bonds is 7. The molecule has 0 saturated heterocycles. The number of aromatic amines is 1. The van der Waals surface area contributed by atoms with Crippen LogP contribution in [-0.4, -0.2) is 4.98 Å². The number of H-pyrrole nitrogens is 1. The number of benzene rings is 1. The number of fused-ring (bicyclic) bond motifs is 1. The first-order valence-electron chi connectivity index (χ1n) is 8.09. The highest BCUT2D eigenvalue weighted by Crippen LogP contribution is 2.14. The number of halogens is 1. The summed E-state index contributed by atoms with van der Waals surface area (Å²) in [5.74, 6) is -0.378. The lowest BCUT2D eigenvalue weighted by Crippen LogP contribution is -2.11. The van der Waals surface area contributed by atoms with Gasteiger partial charge in [-0.3, -0.25) is 4.79 Å². The summed E-state index contributed by atoms with van der Waals surface area (Å²) < 4.78 is 13.3. The van der Waals surface area contributed by atoms with Crippen LogP contribution in [0.2, 0.25) is 0 Å². The molecule has 0 saturated carbocycles. The molecule has 0 radical (unpaired) electrons. The minimum absolute atomic E-state index is 0.0837. The smallest absolute Gasteiger partial charge is 0.192 e. The third kappa shape index (κ3) is 4.06. The van der Waals surface area contributed by atoms with Gasteiger partial charge in [-0.05, 0) is 38.0 Å². The zero-order valence-electron chi connectivity index (χ0n) is 13.4. The zero-order chi connectivity index (χ0) is 15.9. The molecule has 0 aliphatic carbocycles. The van der Waals surface area contributed by atoms with Crippen molar-refractivity contribution in [3.05, 3.63) is 57.6 Å². The van der Waals surface area contributed by atoms with Crippen molar-refractivity contribution in [2.45, 2.75) is 52.4 Å². The molecule has 0 spiro atoms. The predicted molar refractivity (Wildman–Crippen MR) is 90.9 cm³/mol. The fraction of sp³-hybridized carbons (Fsp3) is 0.421. The number of unbranched alkanes of at least 4 members (excludes halogenated alkanes) is 4. The van der Waals surface area contributed by atoms with Gasteiger partial charge in [0.2, 0.25) is 0 Å². The van der Waals surface area contributed by atoms with E-state index < -0.39 is 0 Å². The van der Waals surface area contributed by atoms with Crippen LogP contribution in [0.15, 0.2) is 35.1 Å². The van der Waals surface area contributed by atoms with Crippen LogP contribution >= 0.6 is 0 Å². The number of hydrogen-bond donors (Lipinski definition) is 1. The zero-order valence-corrected chi connectivity index (χ0v) is 13.4. The Morgan fingerprint density at radius 3 is 2.77 bits per heavy atom. The maximum Gasteiger partial charge on any atom is 0.192 e. The second kappa shape index (κ2) is 7.92. The third-order valence-corrected chi connectivity index (χ3v) is 4.02. The number of hydrogen-bond acceptors (Lipinski definition) is 1. The van der Waals surface area contributed by atoms with Gasteiger partial charge in [0, 0.05) is 28.6 Å². The van der Waals surface area contributed by atoms with Gasteiger partial charge in [-0.15, -0.1) is 0 Å². The Balaban J connectivity index is 2.09. The van der Waals surface area contributed by atoms with Gasteiger partial charge in [0.15, 0.2) is 5.43 Å². The molecule has 0 atom stereocenters. The summed E-state index contributed by atoms with van der Waals surface area (Å²) >= 11 is 0. The highest BCUT2D eigenvalue weighted by molar-refractivity contribution is 5.79. The van der Waals surface area contributed by atoms with Crippen LogP contribution in [0.5, 0.6) is 0 Å². The lowest BCUT2D eigenvalue weighted by Gasteiger charge is -2.06. The van der Waals surface area contributed by atoms with Gasteiger partial charge < -0.3 is 4.98 Å². The standard InChI is InChI=1S/C19H24FNO/c1-3-4-5-6-7-8-9-10-17-14(2)19(22)16-13-15(20)11-12-18(16)21-17/h8-9,11-13H,3-7,10H2,1-2H3,(H,21,22). The first-order chi connectivity index (χ1) is 10.6. The van der Waals surface area contributed by atoms with E-state index in [1.54, 1.807) is 13.0 Å². The van der Waals surface area contributed by atoms with Gasteiger partial charge in [0.25, 0.3) is 0 Å². The van der Waals surface area contributed by atoms with Crippen molar-refractivity contribution in [2.75, 3.05) is 0 Å². The van der Waals surface area contributed by atoms with E-state index in [1.165, 1.54) is 37.8 Å². The Bertz CT molecular complexity index is 715. The SMILES string of the molecule is CCCCCCC=CCc1[nH]c2ccc(F)cc2c(=O)c1C. The van der Waals surface area contributed by atoms with Crippen molar-refractivity contribution in [3.8, 4) is 0 Å². The van der Waals surface area contributed by atoms with Crippen LogP contribution in [0.4, 0.5) is 4.39 Å². The number of nitrogens with one attached hydrogen (secondary N) is 1. The summed E-state index contributed by atoms with van der Waals surface area (Å²) in [7, 11) is 0. The normalized spacial score (nSPS) is 11.6. The first-order valence-corrected chi connectivity index (χ1v) is 8.09. The molecule has 0 aliphatic heterocycles. The average Bonchev–Trinajstić information content (AvgIpc) is 2.51. The van der Waals surface area contributed by atoms with E-state index in [4.69, 9.17) is 0 Å². The summed E-state index contributed by atoms with van der Waals surface area (Å²) in [5, 5.41) is 0.421. The Kier molecular flexibility index (Phi) is 5.93. The maximum atomic E-state index is 13.3. The van der Waals surface area contributed by atoms with Crippen LogP contribution in [0.25, 0.3) is 10.9 Å². The highest BCUT2D eigenvalue weighted by Gasteiger charge is 2.07. The molecule has 1 aromatic carbocycles. The maximum absolute atomic E-state index is 13.3. The Hall–Kier alpha value is -1.90. The molecule has 2 rings (SSSR count). The van der Waals surface area contributed by atoms with E-state index in [9.17, 15) is 9.18 Å². The largest absolute Gasteiger partial charge is 0.358 e. The summed E-state index contributed by atoms with van der Waals surface area (Å²) in [4.78, 5) is 15.6. The summed E-state index contributed by atoms with van der Waals surface area (Å²) in [6.45, 7) is 4.01. The Morgan fingerprint density at radius 1 is 1.18 bits per heavy atom. The van der Waals surface area contributed by atoms with Crippen molar-refractivity contribution < 1.29 is 4.39 Å². The second-order valence-electron chi connectivity index (χ2n) is 5.77. The highest BCUT2D eigenvalue weighted by atomic mass is 19.1. The van der Waals surface area contributed by atoms with Gasteiger partial charge in [-0.1, -0.05) is 38.3 Å². The fourth-order valence-corrected chi connectivity index (χ4v) is 2.62. The molecule has 0 aliphatic rings. The Labute approximate surface area is 131 Å². The molecular weight excluding hydrogens is 277 g/mol. The lowest BCUT2D eigenvalue weighted by atomic mass is 10.1. The van der Waals surface area contributed by atoms with Crippen molar-refractivity contribution in [3.63, 3.8) is 0 Å². The van der Waals surface area contributed by atoms with Crippen LogP contribution in [-0.2, 0) is 6.42 Å². The van der Waals surface area contributed by atoms with Gasteiger partial charge in [0.05, 0.1) is 0 Å². The van der Waals surface area contributed by atoms with Gasteiger partial charge in [-0.25, -0.2) is 4.39 Å². The number of aromatic nitrogens is 1. The van der Waals surface area contributed by atoms with E-state index in [0.717, 1.165) is 12.1 Å². The Morgan fingerprint density at radius 2 is 2.00 bits per heavy atom. The minimum atomic E-state index is -0.378. The molecule has 0 fully saturated rings. The van der Waals surface area contributed by atoms with E-state index in [-0.39, 0.29) is 11.2 Å². The monoisotopic (exact) mass is 301 g/mol. The first kappa shape index (κ1) is 16.5. The fourth-order valence-electron chi connectivity index (χ4n) is 2.62. The lowest BCUT2D eigenvalue weighted by molar-refractivity contribution is 0.629. The molecule has 118 valence electrons. The van der Waals surface area contributed by atoms with Gasteiger partial charge >= 0.3 is 0 Å². The molecule has 0 amide bonds. The number of allylic oxidation sites excluding steroid dienone is 2. The van der Waals surface area contributed by atoms with E-state index >= 15 is 0 Å². The third-order valence-electron chi connectivity index (χ3n) is 4.02. The van der Waals surface area contributed by atoms with Crippen molar-refractivity contribution in [1.82, 2.24) is 4.98 Å². The minimum Gasteiger partial charge on any atom is -0.358 e. The van der Waals surface area contributed by atoms with E-state index in [2.05, 4.69) is 24.1 Å². The molecule has 2 aromatic rings. The number of pyridine rings is 1. The molecule has 1 N–H and O–H groups in total. The van der Waals surface area contributed by atoms with Crippen LogP contribution in [0.1, 0.15) is 50.3 Å². The summed E-state index contributed by atoms with van der Waals surface area (Å²) in [6.07, 6.45) is 11.1. The molecule has 2 nitrogen and oxygen atoms in total. The molecule has 1 heterocycles. The summed E-state index contributed by atoms with van der Waals surface area (Å²) in [6, 6.07) is 4.30. The van der Waals surface area contributed by atoms with Gasteiger partial charge in [-0.2, -0.15) is 0 Å². The van der Waals surface area contributed by atoms with E-state index in [0.29, 0.717) is 22.9 Å². The molecule has 22 heavy (non-hydrogen) atoms. The molecule has 0 bridgehead atoms. The van der Waals surface area contributed by atoms with Crippen LogP contribution < -0.4 is 5.43 Å².